The van der Waals surface area contributed by atoms with E-state index >= 15 is 0 Å². The minimum Gasteiger partial charge on any atom is -0.451 e. The van der Waals surface area contributed by atoms with Crippen molar-refractivity contribution in [2.24, 2.45) is 0 Å². The summed E-state index contributed by atoms with van der Waals surface area (Å²) in [5.41, 5.74) is 0. The second-order valence-corrected chi connectivity index (χ2v) is 4.91. The predicted molar refractivity (Wildman–Crippen MR) is 69.2 cm³/mol. The number of hydrogen-bond donors (Lipinski definition) is 1. The summed E-state index contributed by atoms with van der Waals surface area (Å²) in [6.45, 7) is 3.36. The average molecular weight is 286 g/mol. The van der Waals surface area contributed by atoms with Crippen LogP contribution in [-0.2, 0) is 9.53 Å². The maximum atomic E-state index is 11.5. The Labute approximate surface area is 113 Å². The van der Waals surface area contributed by atoms with E-state index in [1.165, 1.54) is 12.1 Å². The van der Waals surface area contributed by atoms with Crippen molar-refractivity contribution in [3.05, 3.63) is 27.1 Å². The van der Waals surface area contributed by atoms with Crippen LogP contribution in [0, 0.1) is 10.1 Å². The number of carbonyl (C=O) groups is 2. The van der Waals surface area contributed by atoms with E-state index in [0.717, 1.165) is 6.42 Å². The summed E-state index contributed by atoms with van der Waals surface area (Å²) in [5.74, 6) is -1.13. The van der Waals surface area contributed by atoms with Crippen molar-refractivity contribution in [1.29, 1.82) is 0 Å². The molecular formula is C11H14N2O5S. The summed E-state index contributed by atoms with van der Waals surface area (Å²) in [6, 6.07) is 2.53. The van der Waals surface area contributed by atoms with Gasteiger partial charge in [-0.2, -0.15) is 0 Å². The van der Waals surface area contributed by atoms with Gasteiger partial charge in [-0.1, -0.05) is 18.3 Å². The van der Waals surface area contributed by atoms with Crippen molar-refractivity contribution in [2.45, 2.75) is 26.3 Å². The van der Waals surface area contributed by atoms with Crippen LogP contribution in [0.3, 0.4) is 0 Å². The summed E-state index contributed by atoms with van der Waals surface area (Å²) < 4.78 is 4.77. The molecule has 0 saturated heterocycles. The van der Waals surface area contributed by atoms with Gasteiger partial charge in [0.2, 0.25) is 0 Å². The first kappa shape index (κ1) is 15.1. The molecule has 0 bridgehead atoms. The normalized spacial score (nSPS) is 11.7. The highest BCUT2D eigenvalue weighted by molar-refractivity contribution is 7.17. The fraction of sp³-hybridized carbons (Fsp3) is 0.455. The van der Waals surface area contributed by atoms with Crippen LogP contribution >= 0.6 is 11.3 Å². The molecule has 1 atom stereocenters. The molecule has 0 unspecified atom stereocenters. The van der Waals surface area contributed by atoms with Crippen molar-refractivity contribution in [1.82, 2.24) is 5.32 Å². The molecule has 8 heteroatoms. The fourth-order valence-electron chi connectivity index (χ4n) is 1.16. The van der Waals surface area contributed by atoms with Gasteiger partial charge in [-0.25, -0.2) is 4.79 Å². The minimum absolute atomic E-state index is 0.00836. The molecule has 0 radical (unpaired) electrons. The van der Waals surface area contributed by atoms with Gasteiger partial charge in [-0.05, 0) is 19.4 Å². The highest BCUT2D eigenvalue weighted by atomic mass is 32.1. The van der Waals surface area contributed by atoms with Gasteiger partial charge in [-0.3, -0.25) is 14.9 Å². The summed E-state index contributed by atoms with van der Waals surface area (Å²) >= 11 is 0.714. The number of nitrogens with zero attached hydrogens (tertiary/aromatic N) is 1. The summed E-state index contributed by atoms with van der Waals surface area (Å²) in [7, 11) is 0. The number of esters is 1. The van der Waals surface area contributed by atoms with E-state index in [2.05, 4.69) is 5.32 Å². The zero-order valence-corrected chi connectivity index (χ0v) is 11.4. The molecular weight excluding hydrogens is 272 g/mol. The number of nitrogens with one attached hydrogen (secondary N) is 1. The standard InChI is InChI=1S/C11H14N2O5S/c1-3-7(2)12-9(14)6-18-11(15)8-4-5-10(19-8)13(16)17/h4-5,7H,3,6H2,1-2H3,(H,12,14)/t7-/m1/s1. The Kier molecular flexibility index (Phi) is 5.43. The molecule has 0 aromatic carbocycles. The number of thiophene rings is 1. The van der Waals surface area contributed by atoms with Gasteiger partial charge in [0, 0.05) is 12.1 Å². The van der Waals surface area contributed by atoms with Crippen molar-refractivity contribution < 1.29 is 19.2 Å². The number of ether oxygens (including phenoxy) is 1. The molecule has 1 rings (SSSR count). The molecule has 0 saturated carbocycles. The third-order valence-corrected chi connectivity index (χ3v) is 3.34. The Balaban J connectivity index is 2.46. The highest BCUT2D eigenvalue weighted by Crippen LogP contribution is 2.24. The Morgan fingerprint density at radius 1 is 1.53 bits per heavy atom. The first-order chi connectivity index (χ1) is 8.93. The summed E-state index contributed by atoms with van der Waals surface area (Å²) in [6.07, 6.45) is 0.775. The Morgan fingerprint density at radius 3 is 2.74 bits per heavy atom. The van der Waals surface area contributed by atoms with E-state index < -0.39 is 23.4 Å². The zero-order chi connectivity index (χ0) is 14.4. The number of rotatable bonds is 6. The zero-order valence-electron chi connectivity index (χ0n) is 10.5. The van der Waals surface area contributed by atoms with E-state index in [9.17, 15) is 19.7 Å². The molecule has 104 valence electrons. The Morgan fingerprint density at radius 2 is 2.21 bits per heavy atom. The predicted octanol–water partition coefficient (Wildman–Crippen LogP) is 1.73. The van der Waals surface area contributed by atoms with E-state index in [0.29, 0.717) is 11.3 Å². The Bertz CT molecular complexity index is 485. The van der Waals surface area contributed by atoms with E-state index in [-0.39, 0.29) is 15.9 Å². The van der Waals surface area contributed by atoms with Crippen LogP contribution in [-0.4, -0.2) is 29.4 Å². The van der Waals surface area contributed by atoms with Crippen LogP contribution in [0.2, 0.25) is 0 Å². The number of nitro groups is 1. The number of carbonyl (C=O) groups excluding carboxylic acids is 2. The van der Waals surface area contributed by atoms with Crippen molar-refractivity contribution in [3.63, 3.8) is 0 Å². The molecule has 19 heavy (non-hydrogen) atoms. The van der Waals surface area contributed by atoms with Gasteiger partial charge < -0.3 is 10.1 Å². The third-order valence-electron chi connectivity index (χ3n) is 2.33. The first-order valence-electron chi connectivity index (χ1n) is 5.64. The van der Waals surface area contributed by atoms with Gasteiger partial charge in [-0.15, -0.1) is 0 Å². The van der Waals surface area contributed by atoms with E-state index in [1.54, 1.807) is 0 Å². The number of amides is 1. The largest absolute Gasteiger partial charge is 0.451 e. The quantitative estimate of drug-likeness (QED) is 0.488. The molecule has 1 amide bonds. The summed E-state index contributed by atoms with van der Waals surface area (Å²) in [5, 5.41) is 13.0. The van der Waals surface area contributed by atoms with Crippen LogP contribution in [0.15, 0.2) is 12.1 Å². The second kappa shape index (κ2) is 6.83. The minimum atomic E-state index is -0.739. The topological polar surface area (TPSA) is 98.5 Å². The monoisotopic (exact) mass is 286 g/mol. The van der Waals surface area contributed by atoms with Crippen LogP contribution in [0.4, 0.5) is 5.00 Å². The molecule has 0 aliphatic rings. The lowest BCUT2D eigenvalue weighted by Crippen LogP contribution is -2.35. The number of hydrogen-bond acceptors (Lipinski definition) is 6. The van der Waals surface area contributed by atoms with Crippen LogP contribution in [0.25, 0.3) is 0 Å². The summed E-state index contributed by atoms with van der Waals surface area (Å²) in [4.78, 5) is 32.9. The lowest BCUT2D eigenvalue weighted by molar-refractivity contribution is -0.380. The van der Waals surface area contributed by atoms with Crippen molar-refractivity contribution >= 4 is 28.2 Å². The highest BCUT2D eigenvalue weighted by Gasteiger charge is 2.17. The van der Waals surface area contributed by atoms with Crippen LogP contribution in [0.5, 0.6) is 0 Å². The first-order valence-corrected chi connectivity index (χ1v) is 6.46. The van der Waals surface area contributed by atoms with E-state index in [1.807, 2.05) is 13.8 Å². The van der Waals surface area contributed by atoms with Gasteiger partial charge >= 0.3 is 11.0 Å². The molecule has 1 aromatic rings. The van der Waals surface area contributed by atoms with Gasteiger partial charge in [0.15, 0.2) is 6.61 Å². The van der Waals surface area contributed by atoms with E-state index in [4.69, 9.17) is 4.74 Å². The molecule has 1 heterocycles. The SMILES string of the molecule is CC[C@@H](C)NC(=O)COC(=O)c1ccc([N+](=O)[O-])s1. The lowest BCUT2D eigenvalue weighted by Gasteiger charge is -2.10. The average Bonchev–Trinajstić information content (AvgIpc) is 2.85. The fourth-order valence-corrected chi connectivity index (χ4v) is 1.87. The maximum Gasteiger partial charge on any atom is 0.349 e. The lowest BCUT2D eigenvalue weighted by atomic mass is 10.2. The second-order valence-electron chi connectivity index (χ2n) is 3.85. The molecule has 1 N–H and O–H groups in total. The third kappa shape index (κ3) is 4.66. The van der Waals surface area contributed by atoms with Gasteiger partial charge in [0.1, 0.15) is 4.88 Å². The molecule has 0 aliphatic carbocycles. The van der Waals surface area contributed by atoms with Gasteiger partial charge in [0.25, 0.3) is 5.91 Å². The van der Waals surface area contributed by atoms with Crippen molar-refractivity contribution in [3.8, 4) is 0 Å². The molecule has 0 fully saturated rings. The molecule has 0 spiro atoms. The van der Waals surface area contributed by atoms with Crippen LogP contribution < -0.4 is 5.32 Å². The molecule has 0 aliphatic heterocycles. The Hall–Kier alpha value is -1.96. The molecule has 1 aromatic heterocycles. The van der Waals surface area contributed by atoms with Crippen molar-refractivity contribution in [2.75, 3.05) is 6.61 Å². The van der Waals surface area contributed by atoms with Gasteiger partial charge in [0.05, 0.1) is 4.92 Å². The maximum absolute atomic E-state index is 11.5. The molecule has 7 nitrogen and oxygen atoms in total. The smallest absolute Gasteiger partial charge is 0.349 e. The van der Waals surface area contributed by atoms with Crippen LogP contribution in [0.1, 0.15) is 29.9 Å².